The van der Waals surface area contributed by atoms with Gasteiger partial charge in [-0.3, -0.25) is 4.79 Å². The van der Waals surface area contributed by atoms with Crippen LogP contribution in [0.5, 0.6) is 0 Å². The van der Waals surface area contributed by atoms with Gasteiger partial charge in [0.15, 0.2) is 0 Å². The van der Waals surface area contributed by atoms with Crippen LogP contribution in [0.25, 0.3) is 0 Å². The van der Waals surface area contributed by atoms with Crippen molar-refractivity contribution in [1.29, 1.82) is 0 Å². The molecular weight excluding hydrogens is 285 g/mol. The van der Waals surface area contributed by atoms with Crippen LogP contribution in [0.2, 0.25) is 10.0 Å². The molecule has 1 aromatic carbocycles. The van der Waals surface area contributed by atoms with Gasteiger partial charge < -0.3 is 16.4 Å². The minimum Gasteiger partial charge on any atom is -0.397 e. The van der Waals surface area contributed by atoms with Crippen LogP contribution < -0.4 is 16.4 Å². The van der Waals surface area contributed by atoms with E-state index in [1.54, 1.807) is 19.1 Å². The lowest BCUT2D eigenvalue weighted by molar-refractivity contribution is -0.121. The number of hydrogen-bond acceptors (Lipinski definition) is 3. The smallest absolute Gasteiger partial charge is 0.242 e. The first-order valence-corrected chi connectivity index (χ1v) is 6.85. The molecule has 0 bridgehead atoms. The van der Waals surface area contributed by atoms with E-state index in [1.807, 2.05) is 13.8 Å². The zero-order valence-corrected chi connectivity index (χ0v) is 12.8. The van der Waals surface area contributed by atoms with E-state index in [-0.39, 0.29) is 5.91 Å². The van der Waals surface area contributed by atoms with Crippen molar-refractivity contribution in [3.8, 4) is 0 Å². The summed E-state index contributed by atoms with van der Waals surface area (Å²) >= 11 is 11.8. The summed E-state index contributed by atoms with van der Waals surface area (Å²) in [6.45, 7) is 6.48. The third-order valence-corrected chi connectivity index (χ3v) is 3.26. The molecular formula is C13H19Cl2N3O. The molecule has 1 aromatic rings. The highest BCUT2D eigenvalue weighted by molar-refractivity contribution is 6.42. The Kier molecular flexibility index (Phi) is 5.76. The Labute approximate surface area is 123 Å². The van der Waals surface area contributed by atoms with E-state index in [0.717, 1.165) is 0 Å². The number of nitrogens with one attached hydrogen (secondary N) is 2. The Morgan fingerprint density at radius 3 is 2.42 bits per heavy atom. The average Bonchev–Trinajstić information content (AvgIpc) is 2.32. The lowest BCUT2D eigenvalue weighted by Crippen LogP contribution is -2.39. The first kappa shape index (κ1) is 15.9. The van der Waals surface area contributed by atoms with Crippen molar-refractivity contribution >= 4 is 40.5 Å². The number of halogens is 2. The molecule has 0 spiro atoms. The van der Waals surface area contributed by atoms with Crippen molar-refractivity contribution in [1.82, 2.24) is 5.32 Å². The van der Waals surface area contributed by atoms with E-state index in [0.29, 0.717) is 33.9 Å². The van der Waals surface area contributed by atoms with Crippen molar-refractivity contribution in [3.05, 3.63) is 22.2 Å². The predicted octanol–water partition coefficient (Wildman–Crippen LogP) is 3.15. The van der Waals surface area contributed by atoms with Gasteiger partial charge in [0.1, 0.15) is 6.04 Å². The fraction of sp³-hybridized carbons (Fsp3) is 0.462. The Bertz CT molecular complexity index is 463. The van der Waals surface area contributed by atoms with Crippen molar-refractivity contribution < 1.29 is 4.79 Å². The fourth-order valence-electron chi connectivity index (χ4n) is 1.44. The highest BCUT2D eigenvalue weighted by atomic mass is 35.5. The van der Waals surface area contributed by atoms with Crippen molar-refractivity contribution in [2.45, 2.75) is 26.8 Å². The first-order chi connectivity index (χ1) is 8.81. The Morgan fingerprint density at radius 1 is 1.26 bits per heavy atom. The lowest BCUT2D eigenvalue weighted by atomic mass is 10.2. The molecule has 1 atom stereocenters. The maximum absolute atomic E-state index is 11.8. The highest BCUT2D eigenvalue weighted by Gasteiger charge is 2.14. The summed E-state index contributed by atoms with van der Waals surface area (Å²) in [7, 11) is 0. The van der Waals surface area contributed by atoms with Crippen molar-refractivity contribution in [2.24, 2.45) is 5.92 Å². The number of amides is 1. The van der Waals surface area contributed by atoms with Crippen LogP contribution in [-0.2, 0) is 4.79 Å². The molecule has 0 aliphatic heterocycles. The largest absolute Gasteiger partial charge is 0.397 e. The summed E-state index contributed by atoms with van der Waals surface area (Å²) in [6, 6.07) is 2.77. The van der Waals surface area contributed by atoms with E-state index < -0.39 is 6.04 Å². The molecule has 1 amide bonds. The lowest BCUT2D eigenvalue weighted by Gasteiger charge is -2.18. The van der Waals surface area contributed by atoms with Gasteiger partial charge in [-0.2, -0.15) is 0 Å². The molecule has 0 aliphatic carbocycles. The minimum absolute atomic E-state index is 0.0841. The third kappa shape index (κ3) is 4.80. The molecule has 1 rings (SSSR count). The van der Waals surface area contributed by atoms with Crippen LogP contribution in [0.3, 0.4) is 0 Å². The standard InChI is InChI=1S/C13H19Cl2N3O/c1-7(2)6-17-13(19)8(3)18-12-5-10(15)9(14)4-11(12)16/h4-5,7-8,18H,6,16H2,1-3H3,(H,17,19). The summed E-state index contributed by atoms with van der Waals surface area (Å²) in [5.74, 6) is 0.324. The second kappa shape index (κ2) is 6.87. The van der Waals surface area contributed by atoms with Gasteiger partial charge >= 0.3 is 0 Å². The fourth-order valence-corrected chi connectivity index (χ4v) is 1.78. The van der Waals surface area contributed by atoms with E-state index in [1.165, 1.54) is 0 Å². The summed E-state index contributed by atoms with van der Waals surface area (Å²) in [5, 5.41) is 6.65. The summed E-state index contributed by atoms with van der Waals surface area (Å²) < 4.78 is 0. The van der Waals surface area contributed by atoms with Gasteiger partial charge in [0.2, 0.25) is 5.91 Å². The molecule has 0 fully saturated rings. The molecule has 0 heterocycles. The third-order valence-electron chi connectivity index (χ3n) is 2.54. The molecule has 1 unspecified atom stereocenters. The number of rotatable bonds is 5. The van der Waals surface area contributed by atoms with Gasteiger partial charge in [-0.15, -0.1) is 0 Å². The summed E-state index contributed by atoms with van der Waals surface area (Å²) in [4.78, 5) is 11.8. The van der Waals surface area contributed by atoms with Gasteiger partial charge in [-0.1, -0.05) is 37.0 Å². The van der Waals surface area contributed by atoms with Gasteiger partial charge in [0.25, 0.3) is 0 Å². The van der Waals surface area contributed by atoms with Crippen LogP contribution in [-0.4, -0.2) is 18.5 Å². The number of hydrogen-bond donors (Lipinski definition) is 3. The number of nitrogens with two attached hydrogens (primary N) is 1. The van der Waals surface area contributed by atoms with Crippen LogP contribution in [0.1, 0.15) is 20.8 Å². The Morgan fingerprint density at radius 2 is 1.84 bits per heavy atom. The second-order valence-corrected chi connectivity index (χ2v) is 5.67. The van der Waals surface area contributed by atoms with Crippen molar-refractivity contribution in [3.63, 3.8) is 0 Å². The Hall–Kier alpha value is -1.13. The normalized spacial score (nSPS) is 12.3. The topological polar surface area (TPSA) is 67.2 Å². The molecule has 0 aromatic heterocycles. The summed E-state index contributed by atoms with van der Waals surface area (Å²) in [6.07, 6.45) is 0. The average molecular weight is 304 g/mol. The highest BCUT2D eigenvalue weighted by Crippen LogP contribution is 2.30. The van der Waals surface area contributed by atoms with E-state index in [4.69, 9.17) is 28.9 Å². The minimum atomic E-state index is -0.404. The van der Waals surface area contributed by atoms with Crippen LogP contribution >= 0.6 is 23.2 Å². The number of benzene rings is 1. The first-order valence-electron chi connectivity index (χ1n) is 6.10. The number of nitrogen functional groups attached to an aromatic ring is 1. The number of carbonyl (C=O) groups is 1. The molecule has 6 heteroatoms. The monoisotopic (exact) mass is 303 g/mol. The number of anilines is 2. The molecule has 0 saturated heterocycles. The van der Waals surface area contributed by atoms with Crippen LogP contribution in [0.4, 0.5) is 11.4 Å². The van der Waals surface area contributed by atoms with Gasteiger partial charge in [0, 0.05) is 6.54 Å². The van der Waals surface area contributed by atoms with Gasteiger partial charge in [-0.05, 0) is 25.0 Å². The van der Waals surface area contributed by atoms with Gasteiger partial charge in [-0.25, -0.2) is 0 Å². The number of carbonyl (C=O) groups excluding carboxylic acids is 1. The van der Waals surface area contributed by atoms with E-state index in [2.05, 4.69) is 10.6 Å². The maximum atomic E-state index is 11.8. The van der Waals surface area contributed by atoms with Crippen LogP contribution in [0.15, 0.2) is 12.1 Å². The van der Waals surface area contributed by atoms with E-state index in [9.17, 15) is 4.79 Å². The molecule has 0 radical (unpaired) electrons. The Balaban J connectivity index is 2.69. The molecule has 106 valence electrons. The molecule has 19 heavy (non-hydrogen) atoms. The SMILES string of the molecule is CC(C)CNC(=O)C(C)Nc1cc(Cl)c(Cl)cc1N. The molecule has 0 aliphatic rings. The zero-order valence-electron chi connectivity index (χ0n) is 11.3. The molecule has 4 N–H and O–H groups in total. The van der Waals surface area contributed by atoms with Crippen LogP contribution in [0, 0.1) is 5.92 Å². The molecule has 4 nitrogen and oxygen atoms in total. The predicted molar refractivity (Wildman–Crippen MR) is 81.8 cm³/mol. The second-order valence-electron chi connectivity index (χ2n) is 4.86. The maximum Gasteiger partial charge on any atom is 0.242 e. The summed E-state index contributed by atoms with van der Waals surface area (Å²) in [5.41, 5.74) is 6.88. The zero-order chi connectivity index (χ0) is 14.6. The van der Waals surface area contributed by atoms with Gasteiger partial charge in [0.05, 0.1) is 21.4 Å². The van der Waals surface area contributed by atoms with Crippen molar-refractivity contribution in [2.75, 3.05) is 17.6 Å². The van der Waals surface area contributed by atoms with E-state index >= 15 is 0 Å². The molecule has 0 saturated carbocycles. The quantitative estimate of drug-likeness (QED) is 0.732.